The van der Waals surface area contributed by atoms with Gasteiger partial charge in [-0.05, 0) is 73.8 Å². The van der Waals surface area contributed by atoms with E-state index < -0.39 is 0 Å². The third kappa shape index (κ3) is 7.77. The van der Waals surface area contributed by atoms with Crippen molar-refractivity contribution in [3.63, 3.8) is 0 Å². The molecule has 1 amide bonds. The lowest BCUT2D eigenvalue weighted by molar-refractivity contribution is -0.123. The molecule has 5 nitrogen and oxygen atoms in total. The minimum absolute atomic E-state index is 0.0140. The van der Waals surface area contributed by atoms with Crippen molar-refractivity contribution in [2.24, 2.45) is 5.92 Å². The molecule has 0 radical (unpaired) electrons. The summed E-state index contributed by atoms with van der Waals surface area (Å²) < 4.78 is 11.2. The van der Waals surface area contributed by atoms with Crippen molar-refractivity contribution in [1.29, 1.82) is 0 Å². The van der Waals surface area contributed by atoms with Gasteiger partial charge < -0.3 is 19.7 Å². The monoisotopic (exact) mass is 436 g/mol. The fourth-order valence-electron chi connectivity index (χ4n) is 3.28. The van der Waals surface area contributed by atoms with E-state index in [4.69, 9.17) is 32.7 Å². The number of benzene rings is 2. The highest BCUT2D eigenvalue weighted by atomic mass is 35.5. The number of hydrogen-bond donors (Lipinski definition) is 1. The average Bonchev–Trinajstić information content (AvgIpc) is 3.18. The summed E-state index contributed by atoms with van der Waals surface area (Å²) in [7, 11) is 0. The van der Waals surface area contributed by atoms with Crippen LogP contribution in [-0.2, 0) is 4.79 Å². The molecule has 1 aliphatic rings. The minimum Gasteiger partial charge on any atom is -0.494 e. The van der Waals surface area contributed by atoms with Crippen LogP contribution in [0.3, 0.4) is 0 Å². The second kappa shape index (κ2) is 11.3. The summed E-state index contributed by atoms with van der Waals surface area (Å²) in [6.45, 7) is 4.43. The molecule has 1 fully saturated rings. The zero-order chi connectivity index (χ0) is 20.5. The van der Waals surface area contributed by atoms with Gasteiger partial charge in [0, 0.05) is 29.7 Å². The van der Waals surface area contributed by atoms with Gasteiger partial charge in [-0.25, -0.2) is 0 Å². The van der Waals surface area contributed by atoms with Crippen LogP contribution in [0.25, 0.3) is 0 Å². The molecule has 2 aromatic carbocycles. The number of hydrogen-bond acceptors (Lipinski definition) is 4. The van der Waals surface area contributed by atoms with E-state index in [1.807, 2.05) is 24.3 Å². The van der Waals surface area contributed by atoms with Crippen molar-refractivity contribution in [1.82, 2.24) is 10.2 Å². The van der Waals surface area contributed by atoms with Gasteiger partial charge in [-0.1, -0.05) is 23.2 Å². The molecule has 0 saturated carbocycles. The lowest BCUT2D eigenvalue weighted by atomic mass is 10.1. The number of likely N-dealkylation sites (tertiary alicyclic amines) is 1. The van der Waals surface area contributed by atoms with Crippen molar-refractivity contribution < 1.29 is 14.3 Å². The van der Waals surface area contributed by atoms with Gasteiger partial charge in [0.05, 0.1) is 6.61 Å². The SMILES string of the molecule is O=C(COc1ccc(Cl)cc1)NC[C@H]1CCN(CCCOc2ccc(Cl)cc2)C1. The molecule has 2 aromatic rings. The third-order valence-electron chi connectivity index (χ3n) is 4.84. The molecule has 0 bridgehead atoms. The summed E-state index contributed by atoms with van der Waals surface area (Å²) in [5.74, 6) is 1.86. The summed E-state index contributed by atoms with van der Waals surface area (Å²) >= 11 is 11.7. The molecule has 3 rings (SSSR count). The Morgan fingerprint density at radius 1 is 1.00 bits per heavy atom. The molecule has 29 heavy (non-hydrogen) atoms. The van der Waals surface area contributed by atoms with Crippen LogP contribution in [0.15, 0.2) is 48.5 Å². The first-order valence-corrected chi connectivity index (χ1v) is 10.6. The van der Waals surface area contributed by atoms with E-state index in [1.165, 1.54) is 0 Å². The molecule has 1 heterocycles. The van der Waals surface area contributed by atoms with Gasteiger partial charge in [0.2, 0.25) is 0 Å². The van der Waals surface area contributed by atoms with E-state index in [-0.39, 0.29) is 12.5 Å². The molecule has 1 N–H and O–H groups in total. The molecule has 0 aliphatic carbocycles. The molecular weight excluding hydrogens is 411 g/mol. The summed E-state index contributed by atoms with van der Waals surface area (Å²) in [4.78, 5) is 14.4. The van der Waals surface area contributed by atoms with Crippen molar-refractivity contribution in [2.45, 2.75) is 12.8 Å². The smallest absolute Gasteiger partial charge is 0.257 e. The second-order valence-electron chi connectivity index (χ2n) is 7.16. The van der Waals surface area contributed by atoms with Crippen LogP contribution in [0.1, 0.15) is 12.8 Å². The molecular formula is C22H26Cl2N2O3. The van der Waals surface area contributed by atoms with Crippen molar-refractivity contribution in [3.05, 3.63) is 58.6 Å². The number of carbonyl (C=O) groups excluding carboxylic acids is 1. The van der Waals surface area contributed by atoms with Crippen LogP contribution in [0.5, 0.6) is 11.5 Å². The van der Waals surface area contributed by atoms with Crippen LogP contribution in [-0.4, -0.2) is 50.2 Å². The Morgan fingerprint density at radius 3 is 2.28 bits per heavy atom. The Kier molecular flexibility index (Phi) is 8.47. The number of ether oxygens (including phenoxy) is 2. The van der Waals surface area contributed by atoms with E-state index in [1.54, 1.807) is 24.3 Å². The van der Waals surface area contributed by atoms with Gasteiger partial charge in [0.25, 0.3) is 5.91 Å². The first-order chi connectivity index (χ1) is 14.1. The maximum Gasteiger partial charge on any atom is 0.257 e. The van der Waals surface area contributed by atoms with E-state index in [2.05, 4.69) is 10.2 Å². The molecule has 1 aliphatic heterocycles. The van der Waals surface area contributed by atoms with E-state index in [9.17, 15) is 4.79 Å². The van der Waals surface area contributed by atoms with Gasteiger partial charge in [-0.3, -0.25) is 4.79 Å². The quantitative estimate of drug-likeness (QED) is 0.564. The predicted octanol–water partition coefficient (Wildman–Crippen LogP) is 4.28. The largest absolute Gasteiger partial charge is 0.494 e. The zero-order valence-electron chi connectivity index (χ0n) is 16.3. The molecule has 1 atom stereocenters. The van der Waals surface area contributed by atoms with Crippen LogP contribution in [0.4, 0.5) is 0 Å². The average molecular weight is 437 g/mol. The Morgan fingerprint density at radius 2 is 1.62 bits per heavy atom. The molecule has 1 saturated heterocycles. The molecule has 0 spiro atoms. The summed E-state index contributed by atoms with van der Waals surface area (Å²) in [5, 5.41) is 4.32. The highest BCUT2D eigenvalue weighted by Gasteiger charge is 2.22. The lowest BCUT2D eigenvalue weighted by Crippen LogP contribution is -2.34. The topological polar surface area (TPSA) is 50.8 Å². The summed E-state index contributed by atoms with van der Waals surface area (Å²) in [5.41, 5.74) is 0. The Bertz CT molecular complexity index is 769. The fourth-order valence-corrected chi connectivity index (χ4v) is 3.53. The predicted molar refractivity (Wildman–Crippen MR) is 116 cm³/mol. The standard InChI is InChI=1S/C22H26Cl2N2O3/c23-18-2-6-20(7-3-18)28-13-1-11-26-12-10-17(15-26)14-25-22(27)16-29-21-8-4-19(24)5-9-21/h2-9,17H,1,10-16H2,(H,25,27)/t17-/m1/s1. The summed E-state index contributed by atoms with van der Waals surface area (Å²) in [6, 6.07) is 14.4. The Labute approximate surface area is 181 Å². The van der Waals surface area contributed by atoms with Crippen LogP contribution < -0.4 is 14.8 Å². The Hall–Kier alpha value is -1.95. The van der Waals surface area contributed by atoms with E-state index in [0.29, 0.717) is 34.9 Å². The maximum atomic E-state index is 12.0. The second-order valence-corrected chi connectivity index (χ2v) is 8.03. The lowest BCUT2D eigenvalue weighted by Gasteiger charge is -2.16. The van der Waals surface area contributed by atoms with Gasteiger partial charge in [0.15, 0.2) is 6.61 Å². The van der Waals surface area contributed by atoms with Crippen LogP contribution in [0, 0.1) is 5.92 Å². The van der Waals surface area contributed by atoms with Gasteiger partial charge in [0.1, 0.15) is 11.5 Å². The number of nitrogens with zero attached hydrogens (tertiary/aromatic N) is 1. The molecule has 156 valence electrons. The van der Waals surface area contributed by atoms with E-state index >= 15 is 0 Å². The zero-order valence-corrected chi connectivity index (χ0v) is 17.8. The fraction of sp³-hybridized carbons (Fsp3) is 0.409. The Balaban J connectivity index is 1.25. The van der Waals surface area contributed by atoms with Crippen LogP contribution in [0.2, 0.25) is 10.0 Å². The van der Waals surface area contributed by atoms with Crippen molar-refractivity contribution in [2.75, 3.05) is 39.4 Å². The van der Waals surface area contributed by atoms with Crippen molar-refractivity contribution in [3.8, 4) is 11.5 Å². The minimum atomic E-state index is -0.102. The maximum absolute atomic E-state index is 12.0. The first kappa shape index (κ1) is 21.8. The highest BCUT2D eigenvalue weighted by molar-refractivity contribution is 6.30. The number of rotatable bonds is 10. The van der Waals surface area contributed by atoms with E-state index in [0.717, 1.165) is 38.2 Å². The number of carbonyl (C=O) groups is 1. The third-order valence-corrected chi connectivity index (χ3v) is 5.35. The molecule has 0 unspecified atom stereocenters. The number of amides is 1. The number of nitrogens with one attached hydrogen (secondary N) is 1. The first-order valence-electron chi connectivity index (χ1n) is 9.84. The molecule has 0 aromatic heterocycles. The summed E-state index contributed by atoms with van der Waals surface area (Å²) in [6.07, 6.45) is 2.06. The normalized spacial score (nSPS) is 16.6. The highest BCUT2D eigenvalue weighted by Crippen LogP contribution is 2.18. The van der Waals surface area contributed by atoms with Crippen molar-refractivity contribution >= 4 is 29.1 Å². The van der Waals surface area contributed by atoms with Gasteiger partial charge in [-0.2, -0.15) is 0 Å². The van der Waals surface area contributed by atoms with Gasteiger partial charge in [-0.15, -0.1) is 0 Å². The number of halogens is 2. The molecule has 7 heteroatoms. The van der Waals surface area contributed by atoms with Crippen LogP contribution >= 0.6 is 23.2 Å². The van der Waals surface area contributed by atoms with Gasteiger partial charge >= 0.3 is 0 Å².